The molecule has 0 radical (unpaired) electrons. The zero-order valence-electron chi connectivity index (χ0n) is 10.1. The maximum atomic E-state index is 11.7. The summed E-state index contributed by atoms with van der Waals surface area (Å²) >= 11 is 0. The Morgan fingerprint density at radius 3 is 2.53 bits per heavy atom. The van der Waals surface area contributed by atoms with Crippen LogP contribution in [0.1, 0.15) is 34.1 Å². The van der Waals surface area contributed by atoms with Crippen LogP contribution in [0.15, 0.2) is 0 Å². The van der Waals surface area contributed by atoms with Gasteiger partial charge in [0, 0.05) is 19.1 Å². The van der Waals surface area contributed by atoms with Crippen molar-refractivity contribution in [3.8, 4) is 0 Å². The van der Waals surface area contributed by atoms with Crippen LogP contribution in [0.2, 0.25) is 0 Å². The fraction of sp³-hybridized carbons (Fsp3) is 0.909. The van der Waals surface area contributed by atoms with Crippen LogP contribution in [-0.4, -0.2) is 35.7 Å². The molecule has 0 unspecified atom stereocenters. The largest absolute Gasteiger partial charge is 0.444 e. The lowest BCUT2D eigenvalue weighted by molar-refractivity contribution is 0.0287. The molecule has 1 heterocycles. The Hall–Kier alpha value is -0.770. The highest BCUT2D eigenvalue weighted by molar-refractivity contribution is 5.68. The lowest BCUT2D eigenvalue weighted by Gasteiger charge is -2.24. The highest BCUT2D eigenvalue weighted by atomic mass is 16.6. The second-order valence-electron chi connectivity index (χ2n) is 5.33. The molecule has 0 saturated carbocycles. The quantitative estimate of drug-likeness (QED) is 0.721. The smallest absolute Gasteiger partial charge is 0.410 e. The van der Waals surface area contributed by atoms with Crippen molar-refractivity contribution in [2.45, 2.75) is 45.8 Å². The molecule has 1 aliphatic rings. The van der Waals surface area contributed by atoms with Gasteiger partial charge in [0.25, 0.3) is 0 Å². The molecule has 1 amide bonds. The molecule has 1 rings (SSSR count). The van der Waals surface area contributed by atoms with E-state index in [1.54, 1.807) is 4.90 Å². The Morgan fingerprint density at radius 1 is 1.53 bits per heavy atom. The number of amides is 1. The standard InChI is InChI=1S/C11H22N2O2/c1-8(12)9-5-6-13(7-9)10(14)15-11(2,3)4/h8-9H,5-7,12H2,1-4H3/t8-,9-/m1/s1. The number of hydrogen-bond donors (Lipinski definition) is 1. The van der Waals surface area contributed by atoms with Crippen LogP contribution in [0, 0.1) is 5.92 Å². The van der Waals surface area contributed by atoms with E-state index in [1.165, 1.54) is 0 Å². The molecule has 1 fully saturated rings. The van der Waals surface area contributed by atoms with E-state index in [0.29, 0.717) is 5.92 Å². The van der Waals surface area contributed by atoms with Gasteiger partial charge in [-0.1, -0.05) is 0 Å². The molecule has 0 aromatic carbocycles. The summed E-state index contributed by atoms with van der Waals surface area (Å²) in [6.07, 6.45) is 0.766. The van der Waals surface area contributed by atoms with Crippen molar-refractivity contribution in [2.75, 3.05) is 13.1 Å². The predicted octanol–water partition coefficient (Wildman–Crippen LogP) is 1.59. The van der Waals surface area contributed by atoms with E-state index in [2.05, 4.69) is 0 Å². The van der Waals surface area contributed by atoms with Crippen molar-refractivity contribution >= 4 is 6.09 Å². The zero-order chi connectivity index (χ0) is 11.6. The molecule has 2 N–H and O–H groups in total. The van der Waals surface area contributed by atoms with Gasteiger partial charge in [-0.15, -0.1) is 0 Å². The summed E-state index contributed by atoms with van der Waals surface area (Å²) in [4.78, 5) is 13.4. The monoisotopic (exact) mass is 214 g/mol. The molecule has 1 saturated heterocycles. The first kappa shape index (κ1) is 12.3. The maximum absolute atomic E-state index is 11.7. The third-order valence-electron chi connectivity index (χ3n) is 2.62. The molecule has 1 aliphatic heterocycles. The van der Waals surface area contributed by atoms with Gasteiger partial charge in [-0.3, -0.25) is 0 Å². The first-order valence-corrected chi connectivity index (χ1v) is 5.53. The molecule has 88 valence electrons. The van der Waals surface area contributed by atoms with E-state index < -0.39 is 5.60 Å². The van der Waals surface area contributed by atoms with E-state index >= 15 is 0 Å². The summed E-state index contributed by atoms with van der Waals surface area (Å²) in [5.74, 6) is 0.414. The number of ether oxygens (including phenoxy) is 1. The molecule has 2 atom stereocenters. The molecule has 15 heavy (non-hydrogen) atoms. The van der Waals surface area contributed by atoms with Crippen LogP contribution < -0.4 is 5.73 Å². The van der Waals surface area contributed by atoms with Crippen LogP contribution in [0.3, 0.4) is 0 Å². The molecular weight excluding hydrogens is 192 g/mol. The van der Waals surface area contributed by atoms with Crippen molar-refractivity contribution in [3.05, 3.63) is 0 Å². The number of nitrogens with zero attached hydrogens (tertiary/aromatic N) is 1. The number of carbonyl (C=O) groups is 1. The van der Waals surface area contributed by atoms with Gasteiger partial charge < -0.3 is 15.4 Å². The first-order valence-electron chi connectivity index (χ1n) is 5.53. The van der Waals surface area contributed by atoms with Gasteiger partial charge in [-0.05, 0) is 40.0 Å². The Bertz CT molecular complexity index is 233. The minimum absolute atomic E-state index is 0.150. The summed E-state index contributed by atoms with van der Waals surface area (Å²) in [5, 5.41) is 0. The van der Waals surface area contributed by atoms with E-state index in [1.807, 2.05) is 27.7 Å². The Morgan fingerprint density at radius 2 is 2.13 bits per heavy atom. The van der Waals surface area contributed by atoms with Gasteiger partial charge in [0.15, 0.2) is 0 Å². The third kappa shape index (κ3) is 3.70. The first-order chi connectivity index (χ1) is 6.79. The van der Waals surface area contributed by atoms with Crippen molar-refractivity contribution < 1.29 is 9.53 Å². The van der Waals surface area contributed by atoms with Crippen molar-refractivity contribution in [1.82, 2.24) is 4.90 Å². The van der Waals surface area contributed by atoms with Crippen molar-refractivity contribution in [2.24, 2.45) is 11.7 Å². The second-order valence-corrected chi connectivity index (χ2v) is 5.33. The van der Waals surface area contributed by atoms with E-state index in [0.717, 1.165) is 19.5 Å². The zero-order valence-corrected chi connectivity index (χ0v) is 10.1. The van der Waals surface area contributed by atoms with Crippen LogP contribution in [-0.2, 0) is 4.74 Å². The molecule has 4 nitrogen and oxygen atoms in total. The normalized spacial score (nSPS) is 24.1. The number of carbonyl (C=O) groups excluding carboxylic acids is 1. The summed E-state index contributed by atoms with van der Waals surface area (Å²) in [5.41, 5.74) is 5.40. The molecule has 0 aromatic rings. The van der Waals surface area contributed by atoms with Crippen molar-refractivity contribution in [3.63, 3.8) is 0 Å². The Balaban J connectivity index is 2.44. The van der Waals surface area contributed by atoms with Gasteiger partial charge in [0.1, 0.15) is 5.60 Å². The lowest BCUT2D eigenvalue weighted by atomic mass is 10.0. The van der Waals surface area contributed by atoms with Gasteiger partial charge in [-0.2, -0.15) is 0 Å². The number of rotatable bonds is 1. The predicted molar refractivity (Wildman–Crippen MR) is 59.6 cm³/mol. The highest BCUT2D eigenvalue weighted by Gasteiger charge is 2.31. The number of hydrogen-bond acceptors (Lipinski definition) is 3. The molecule has 0 aromatic heterocycles. The number of nitrogens with two attached hydrogens (primary N) is 1. The summed E-state index contributed by atoms with van der Waals surface area (Å²) < 4.78 is 5.30. The second kappa shape index (κ2) is 4.39. The van der Waals surface area contributed by atoms with Gasteiger partial charge in [0.05, 0.1) is 0 Å². The fourth-order valence-corrected chi connectivity index (χ4v) is 1.71. The minimum Gasteiger partial charge on any atom is -0.444 e. The maximum Gasteiger partial charge on any atom is 0.410 e. The van der Waals surface area contributed by atoms with Gasteiger partial charge >= 0.3 is 6.09 Å². The van der Waals surface area contributed by atoms with Gasteiger partial charge in [0.2, 0.25) is 0 Å². The average Bonchev–Trinajstić information content (AvgIpc) is 2.47. The molecule has 0 aliphatic carbocycles. The summed E-state index contributed by atoms with van der Waals surface area (Å²) in [6, 6.07) is 0.150. The van der Waals surface area contributed by atoms with E-state index in [4.69, 9.17) is 10.5 Å². The molecular formula is C11H22N2O2. The SMILES string of the molecule is C[C@@H](N)[C@@H]1CCN(C(=O)OC(C)(C)C)C1. The van der Waals surface area contributed by atoms with E-state index in [-0.39, 0.29) is 12.1 Å². The number of likely N-dealkylation sites (tertiary alicyclic amines) is 1. The van der Waals surface area contributed by atoms with E-state index in [9.17, 15) is 4.79 Å². The fourth-order valence-electron chi connectivity index (χ4n) is 1.71. The minimum atomic E-state index is -0.413. The third-order valence-corrected chi connectivity index (χ3v) is 2.62. The topological polar surface area (TPSA) is 55.6 Å². The van der Waals surface area contributed by atoms with Crippen LogP contribution >= 0.6 is 0 Å². The highest BCUT2D eigenvalue weighted by Crippen LogP contribution is 2.20. The van der Waals surface area contributed by atoms with Crippen LogP contribution in [0.4, 0.5) is 4.79 Å². The molecule has 0 spiro atoms. The van der Waals surface area contributed by atoms with Gasteiger partial charge in [-0.25, -0.2) is 4.79 Å². The van der Waals surface area contributed by atoms with Crippen molar-refractivity contribution in [1.29, 1.82) is 0 Å². The summed E-state index contributed by atoms with van der Waals surface area (Å²) in [7, 11) is 0. The Kier molecular flexibility index (Phi) is 3.60. The molecule has 0 bridgehead atoms. The van der Waals surface area contributed by atoms with Crippen LogP contribution in [0.25, 0.3) is 0 Å². The van der Waals surface area contributed by atoms with Crippen LogP contribution in [0.5, 0.6) is 0 Å². The lowest BCUT2D eigenvalue weighted by Crippen LogP contribution is -2.37. The summed E-state index contributed by atoms with van der Waals surface area (Å²) in [6.45, 7) is 9.12. The Labute approximate surface area is 91.8 Å². The average molecular weight is 214 g/mol. The molecule has 4 heteroatoms.